The second-order valence-corrected chi connectivity index (χ2v) is 5.02. The lowest BCUT2D eigenvalue weighted by atomic mass is 10.1. The van der Waals surface area contributed by atoms with E-state index < -0.39 is 12.0 Å². The molecule has 1 aromatic rings. The fourth-order valence-electron chi connectivity index (χ4n) is 1.94. The van der Waals surface area contributed by atoms with Crippen molar-refractivity contribution in [3.8, 4) is 5.75 Å². The number of hydrogen-bond donors (Lipinski definition) is 2. The molecule has 1 unspecified atom stereocenters. The predicted molar refractivity (Wildman–Crippen MR) is 80.4 cm³/mol. The Morgan fingerprint density at radius 2 is 2.14 bits per heavy atom. The van der Waals surface area contributed by atoms with Crippen molar-refractivity contribution < 1.29 is 19.4 Å². The molecule has 0 heterocycles. The molecule has 116 valence electrons. The maximum absolute atomic E-state index is 11.7. The first-order valence-electron chi connectivity index (χ1n) is 7.24. The van der Waals surface area contributed by atoms with E-state index in [9.17, 15) is 9.59 Å². The molecule has 2 N–H and O–H groups in total. The van der Waals surface area contributed by atoms with Crippen LogP contribution < -0.4 is 10.1 Å². The van der Waals surface area contributed by atoms with Crippen molar-refractivity contribution in [2.24, 2.45) is 0 Å². The third kappa shape index (κ3) is 6.79. The number of nitrogens with one attached hydrogen (secondary N) is 1. The number of amides is 1. The van der Waals surface area contributed by atoms with Crippen molar-refractivity contribution >= 4 is 11.9 Å². The Hall–Kier alpha value is -2.04. The van der Waals surface area contributed by atoms with Crippen LogP contribution in [0.2, 0.25) is 0 Å². The summed E-state index contributed by atoms with van der Waals surface area (Å²) in [6, 6.07) is 6.91. The fourth-order valence-corrected chi connectivity index (χ4v) is 1.94. The highest BCUT2D eigenvalue weighted by atomic mass is 16.5. The maximum atomic E-state index is 11.7. The van der Waals surface area contributed by atoms with E-state index in [1.807, 2.05) is 38.1 Å². The third-order valence-electron chi connectivity index (χ3n) is 3.02. The zero-order chi connectivity index (χ0) is 15.7. The molecule has 1 rings (SSSR count). The van der Waals surface area contributed by atoms with Gasteiger partial charge in [-0.1, -0.05) is 25.5 Å². The molecule has 0 radical (unpaired) electrons. The van der Waals surface area contributed by atoms with Crippen LogP contribution in [0.4, 0.5) is 0 Å². The number of carbonyl (C=O) groups excluding carboxylic acids is 1. The predicted octanol–water partition coefficient (Wildman–Crippen LogP) is 2.52. The highest BCUT2D eigenvalue weighted by molar-refractivity contribution is 5.83. The molecular weight excluding hydrogens is 270 g/mol. The fraction of sp³-hybridized carbons (Fsp3) is 0.500. The van der Waals surface area contributed by atoms with Crippen LogP contribution in [0, 0.1) is 6.92 Å². The van der Waals surface area contributed by atoms with Crippen molar-refractivity contribution in [3.63, 3.8) is 0 Å². The first kappa shape index (κ1) is 17.0. The van der Waals surface area contributed by atoms with E-state index in [1.54, 1.807) is 0 Å². The average Bonchev–Trinajstić information content (AvgIpc) is 2.43. The SMILES string of the molecule is CCCC(NC(=O)CCCOc1cccc(C)c1)C(=O)O. The second kappa shape index (κ2) is 9.00. The summed E-state index contributed by atoms with van der Waals surface area (Å²) in [4.78, 5) is 22.6. The molecule has 1 atom stereocenters. The van der Waals surface area contributed by atoms with Gasteiger partial charge in [-0.05, 0) is 37.5 Å². The molecule has 1 amide bonds. The number of ether oxygens (including phenoxy) is 1. The normalized spacial score (nSPS) is 11.7. The van der Waals surface area contributed by atoms with Gasteiger partial charge in [-0.15, -0.1) is 0 Å². The van der Waals surface area contributed by atoms with Gasteiger partial charge in [0.2, 0.25) is 5.91 Å². The lowest BCUT2D eigenvalue weighted by Gasteiger charge is -2.13. The zero-order valence-electron chi connectivity index (χ0n) is 12.6. The standard InChI is InChI=1S/C16H23NO4/c1-3-6-14(16(19)20)17-15(18)9-5-10-21-13-8-4-7-12(2)11-13/h4,7-8,11,14H,3,5-6,9-10H2,1-2H3,(H,17,18)(H,19,20). The minimum absolute atomic E-state index is 0.247. The molecular formula is C16H23NO4. The number of carbonyl (C=O) groups is 2. The van der Waals surface area contributed by atoms with Gasteiger partial charge in [0.15, 0.2) is 0 Å². The van der Waals surface area contributed by atoms with Crippen molar-refractivity contribution in [1.29, 1.82) is 0 Å². The lowest BCUT2D eigenvalue weighted by Crippen LogP contribution is -2.40. The second-order valence-electron chi connectivity index (χ2n) is 5.02. The van der Waals surface area contributed by atoms with E-state index in [1.165, 1.54) is 0 Å². The minimum Gasteiger partial charge on any atom is -0.494 e. The van der Waals surface area contributed by atoms with Gasteiger partial charge in [0.1, 0.15) is 11.8 Å². The molecule has 0 bridgehead atoms. The third-order valence-corrected chi connectivity index (χ3v) is 3.02. The molecule has 5 nitrogen and oxygen atoms in total. The molecule has 0 aromatic heterocycles. The molecule has 0 spiro atoms. The molecule has 0 saturated heterocycles. The van der Waals surface area contributed by atoms with Crippen molar-refractivity contribution in [2.75, 3.05) is 6.61 Å². The van der Waals surface area contributed by atoms with E-state index in [4.69, 9.17) is 9.84 Å². The van der Waals surface area contributed by atoms with E-state index >= 15 is 0 Å². The van der Waals surface area contributed by atoms with Gasteiger partial charge >= 0.3 is 5.97 Å². The molecule has 0 aliphatic heterocycles. The summed E-state index contributed by atoms with van der Waals surface area (Å²) >= 11 is 0. The van der Waals surface area contributed by atoms with Crippen LogP contribution in [0.15, 0.2) is 24.3 Å². The van der Waals surface area contributed by atoms with Gasteiger partial charge in [0.05, 0.1) is 6.61 Å². The van der Waals surface area contributed by atoms with Gasteiger partial charge in [-0.3, -0.25) is 4.79 Å². The Bertz CT molecular complexity index is 473. The lowest BCUT2D eigenvalue weighted by molar-refractivity contribution is -0.142. The highest BCUT2D eigenvalue weighted by Gasteiger charge is 2.18. The first-order chi connectivity index (χ1) is 10.0. The number of aryl methyl sites for hydroxylation is 1. The van der Waals surface area contributed by atoms with E-state index in [0.29, 0.717) is 25.9 Å². The number of carboxylic acid groups (broad SMARTS) is 1. The largest absolute Gasteiger partial charge is 0.494 e. The van der Waals surface area contributed by atoms with E-state index in [-0.39, 0.29) is 12.3 Å². The summed E-state index contributed by atoms with van der Waals surface area (Å²) in [5, 5.41) is 11.5. The summed E-state index contributed by atoms with van der Waals surface area (Å²) in [6.07, 6.45) is 1.98. The highest BCUT2D eigenvalue weighted by Crippen LogP contribution is 2.12. The van der Waals surface area contributed by atoms with E-state index in [2.05, 4.69) is 5.32 Å². The van der Waals surface area contributed by atoms with Gasteiger partial charge in [-0.25, -0.2) is 4.79 Å². The summed E-state index contributed by atoms with van der Waals surface area (Å²) in [7, 11) is 0. The van der Waals surface area contributed by atoms with Crippen molar-refractivity contribution in [2.45, 2.75) is 45.6 Å². The molecule has 0 saturated carbocycles. The average molecular weight is 293 g/mol. The molecule has 0 aliphatic carbocycles. The smallest absolute Gasteiger partial charge is 0.326 e. The molecule has 21 heavy (non-hydrogen) atoms. The number of benzene rings is 1. The number of carboxylic acids is 1. The molecule has 5 heteroatoms. The van der Waals surface area contributed by atoms with Crippen LogP contribution in [-0.4, -0.2) is 29.6 Å². The van der Waals surface area contributed by atoms with Gasteiger partial charge in [0.25, 0.3) is 0 Å². The quantitative estimate of drug-likeness (QED) is 0.686. The van der Waals surface area contributed by atoms with Crippen LogP contribution in [0.5, 0.6) is 5.75 Å². The Morgan fingerprint density at radius 1 is 1.38 bits per heavy atom. The molecule has 1 aromatic carbocycles. The minimum atomic E-state index is -0.985. The number of aliphatic carboxylic acids is 1. The van der Waals surface area contributed by atoms with Crippen LogP contribution in [0.3, 0.4) is 0 Å². The maximum Gasteiger partial charge on any atom is 0.326 e. The Labute approximate surface area is 125 Å². The zero-order valence-corrected chi connectivity index (χ0v) is 12.6. The number of hydrogen-bond acceptors (Lipinski definition) is 3. The summed E-state index contributed by atoms with van der Waals surface area (Å²) in [5.74, 6) is -0.449. The van der Waals surface area contributed by atoms with Crippen LogP contribution in [0.25, 0.3) is 0 Å². The summed E-state index contributed by atoms with van der Waals surface area (Å²) in [6.45, 7) is 4.31. The Balaban J connectivity index is 2.25. The van der Waals surface area contributed by atoms with Gasteiger partial charge in [-0.2, -0.15) is 0 Å². The van der Waals surface area contributed by atoms with Crippen molar-refractivity contribution in [3.05, 3.63) is 29.8 Å². The monoisotopic (exact) mass is 293 g/mol. The summed E-state index contributed by atoms with van der Waals surface area (Å²) < 4.78 is 5.54. The van der Waals surface area contributed by atoms with Gasteiger partial charge in [0, 0.05) is 6.42 Å². The van der Waals surface area contributed by atoms with Gasteiger partial charge < -0.3 is 15.2 Å². The van der Waals surface area contributed by atoms with E-state index in [0.717, 1.165) is 11.3 Å². The Kier molecular flexibility index (Phi) is 7.29. The van der Waals surface area contributed by atoms with Crippen molar-refractivity contribution in [1.82, 2.24) is 5.32 Å². The van der Waals surface area contributed by atoms with Crippen LogP contribution >= 0.6 is 0 Å². The molecule has 0 aliphatic rings. The molecule has 0 fully saturated rings. The topological polar surface area (TPSA) is 75.6 Å². The summed E-state index contributed by atoms with van der Waals surface area (Å²) in [5.41, 5.74) is 1.12. The van der Waals surface area contributed by atoms with Crippen LogP contribution in [-0.2, 0) is 9.59 Å². The van der Waals surface area contributed by atoms with Crippen LogP contribution in [0.1, 0.15) is 38.2 Å². The Morgan fingerprint density at radius 3 is 2.76 bits per heavy atom. The number of rotatable bonds is 9. The first-order valence-corrected chi connectivity index (χ1v) is 7.24.